The van der Waals surface area contributed by atoms with Crippen LogP contribution in [0, 0.1) is 13.8 Å². The van der Waals surface area contributed by atoms with Gasteiger partial charge in [0.05, 0.1) is 5.56 Å². The van der Waals surface area contributed by atoms with Gasteiger partial charge < -0.3 is 4.42 Å². The first-order chi connectivity index (χ1) is 14.0. The second-order valence-electron chi connectivity index (χ2n) is 6.84. The van der Waals surface area contributed by atoms with Gasteiger partial charge in [0.2, 0.25) is 0 Å². The van der Waals surface area contributed by atoms with E-state index < -0.39 is 0 Å². The number of thiazole rings is 1. The van der Waals surface area contributed by atoms with Crippen molar-refractivity contribution in [2.45, 2.75) is 20.3 Å². The zero-order valence-electron chi connectivity index (χ0n) is 16.0. The largest absolute Gasteiger partial charge is 0.461 e. The predicted molar refractivity (Wildman–Crippen MR) is 118 cm³/mol. The van der Waals surface area contributed by atoms with Crippen LogP contribution in [0.25, 0.3) is 11.3 Å². The van der Waals surface area contributed by atoms with Crippen LogP contribution in [0.1, 0.15) is 32.1 Å². The molecule has 146 valence electrons. The summed E-state index contributed by atoms with van der Waals surface area (Å²) in [6.45, 7) is 3.85. The molecule has 0 aliphatic heterocycles. The number of hydrogen-bond donors (Lipinski definition) is 1. The van der Waals surface area contributed by atoms with E-state index in [4.69, 9.17) is 16.0 Å². The van der Waals surface area contributed by atoms with Gasteiger partial charge in [-0.3, -0.25) is 10.1 Å². The third-order valence-electron chi connectivity index (χ3n) is 4.53. The fraction of sp³-hybridized carbons (Fsp3) is 0.130. The van der Waals surface area contributed by atoms with Crippen molar-refractivity contribution in [3.63, 3.8) is 0 Å². The van der Waals surface area contributed by atoms with Gasteiger partial charge in [0, 0.05) is 28.1 Å². The molecule has 0 radical (unpaired) electrons. The number of carbonyl (C=O) groups excluding carboxylic acids is 1. The maximum absolute atomic E-state index is 12.7. The lowest BCUT2D eigenvalue weighted by Gasteiger charge is -2.00. The van der Waals surface area contributed by atoms with Crippen molar-refractivity contribution >= 4 is 34.0 Å². The first-order valence-corrected chi connectivity index (χ1v) is 10.4. The number of benzene rings is 2. The number of nitrogens with zero attached hydrogens (tertiary/aromatic N) is 1. The average Bonchev–Trinajstić information content (AvgIpc) is 3.29. The average molecular weight is 423 g/mol. The zero-order valence-corrected chi connectivity index (χ0v) is 17.6. The number of hydrogen-bond acceptors (Lipinski definition) is 4. The molecule has 1 N–H and O–H groups in total. The van der Waals surface area contributed by atoms with Gasteiger partial charge in [0.25, 0.3) is 5.91 Å². The molecule has 0 aliphatic carbocycles. The minimum Gasteiger partial charge on any atom is -0.461 e. The van der Waals surface area contributed by atoms with Crippen molar-refractivity contribution in [3.05, 3.63) is 93.1 Å². The van der Waals surface area contributed by atoms with Crippen LogP contribution in [0.3, 0.4) is 0 Å². The highest BCUT2D eigenvalue weighted by molar-refractivity contribution is 7.15. The lowest BCUT2D eigenvalue weighted by Crippen LogP contribution is -2.11. The molecule has 2 aromatic heterocycles. The molecule has 2 aromatic carbocycles. The van der Waals surface area contributed by atoms with E-state index in [-0.39, 0.29) is 5.91 Å². The Bertz CT molecular complexity index is 1160. The van der Waals surface area contributed by atoms with Crippen LogP contribution in [0.5, 0.6) is 0 Å². The van der Waals surface area contributed by atoms with Crippen LogP contribution >= 0.6 is 22.9 Å². The fourth-order valence-electron chi connectivity index (χ4n) is 3.10. The van der Waals surface area contributed by atoms with E-state index >= 15 is 0 Å². The SMILES string of the molecule is Cc1cccc(Cc2cnc(NC(=O)c3cc(-c4ccc(Cl)cc4)oc3C)s2)c1. The molecule has 0 atom stereocenters. The first-order valence-electron chi connectivity index (χ1n) is 9.16. The Morgan fingerprint density at radius 3 is 2.69 bits per heavy atom. The van der Waals surface area contributed by atoms with Crippen LogP contribution in [0.4, 0.5) is 5.13 Å². The van der Waals surface area contributed by atoms with Gasteiger partial charge >= 0.3 is 0 Å². The monoisotopic (exact) mass is 422 g/mol. The summed E-state index contributed by atoms with van der Waals surface area (Å²) >= 11 is 7.42. The van der Waals surface area contributed by atoms with Crippen molar-refractivity contribution in [2.75, 3.05) is 5.32 Å². The topological polar surface area (TPSA) is 55.1 Å². The lowest BCUT2D eigenvalue weighted by atomic mass is 10.1. The minimum absolute atomic E-state index is 0.233. The number of nitrogens with one attached hydrogen (secondary N) is 1. The van der Waals surface area contributed by atoms with Gasteiger partial charge in [-0.2, -0.15) is 0 Å². The minimum atomic E-state index is -0.233. The summed E-state index contributed by atoms with van der Waals surface area (Å²) in [5.74, 6) is 0.954. The molecule has 1 amide bonds. The quantitative estimate of drug-likeness (QED) is 0.398. The van der Waals surface area contributed by atoms with Crippen LogP contribution in [-0.2, 0) is 6.42 Å². The molecule has 0 spiro atoms. The summed E-state index contributed by atoms with van der Waals surface area (Å²) < 4.78 is 5.77. The van der Waals surface area contributed by atoms with Crippen molar-refractivity contribution in [2.24, 2.45) is 0 Å². The molecule has 6 heteroatoms. The molecule has 29 heavy (non-hydrogen) atoms. The molecule has 0 unspecified atom stereocenters. The first kappa shape index (κ1) is 19.4. The van der Waals surface area contributed by atoms with E-state index in [1.165, 1.54) is 22.5 Å². The van der Waals surface area contributed by atoms with Crippen LogP contribution in [-0.4, -0.2) is 10.9 Å². The third kappa shape index (κ3) is 4.58. The summed E-state index contributed by atoms with van der Waals surface area (Å²) in [7, 11) is 0. The highest BCUT2D eigenvalue weighted by Gasteiger charge is 2.17. The molecule has 0 aliphatic rings. The zero-order chi connectivity index (χ0) is 20.4. The summed E-state index contributed by atoms with van der Waals surface area (Å²) in [5, 5.41) is 4.11. The number of carbonyl (C=O) groups is 1. The molecular weight excluding hydrogens is 404 g/mol. The molecule has 4 rings (SSSR count). The number of halogens is 1. The molecule has 4 nitrogen and oxygen atoms in total. The number of aromatic nitrogens is 1. The van der Waals surface area contributed by atoms with Crippen LogP contribution in [0.2, 0.25) is 5.02 Å². The molecule has 4 aromatic rings. The number of anilines is 1. The van der Waals surface area contributed by atoms with E-state index in [1.54, 1.807) is 25.1 Å². The van der Waals surface area contributed by atoms with Crippen LogP contribution < -0.4 is 5.32 Å². The van der Waals surface area contributed by atoms with E-state index in [2.05, 4.69) is 35.4 Å². The van der Waals surface area contributed by atoms with Gasteiger partial charge in [-0.05, 0) is 49.7 Å². The van der Waals surface area contributed by atoms with Gasteiger partial charge in [0.15, 0.2) is 5.13 Å². The van der Waals surface area contributed by atoms with Gasteiger partial charge in [0.1, 0.15) is 11.5 Å². The maximum atomic E-state index is 12.7. The van der Waals surface area contributed by atoms with Crippen molar-refractivity contribution in [1.29, 1.82) is 0 Å². The maximum Gasteiger partial charge on any atom is 0.261 e. The second-order valence-corrected chi connectivity index (χ2v) is 8.39. The summed E-state index contributed by atoms with van der Waals surface area (Å²) in [5.41, 5.74) is 3.81. The van der Waals surface area contributed by atoms with E-state index in [1.807, 2.05) is 24.4 Å². The molecule has 0 bridgehead atoms. The smallest absolute Gasteiger partial charge is 0.261 e. The van der Waals surface area contributed by atoms with Crippen molar-refractivity contribution < 1.29 is 9.21 Å². The van der Waals surface area contributed by atoms with Crippen molar-refractivity contribution in [3.8, 4) is 11.3 Å². The predicted octanol–water partition coefficient (Wildman–Crippen LogP) is 6.52. The Morgan fingerprint density at radius 1 is 1.14 bits per heavy atom. The number of amides is 1. The Kier molecular flexibility index (Phi) is 5.51. The van der Waals surface area contributed by atoms with E-state index in [9.17, 15) is 4.79 Å². The van der Waals surface area contributed by atoms with Gasteiger partial charge in [-0.15, -0.1) is 11.3 Å². The fourth-order valence-corrected chi connectivity index (χ4v) is 4.07. The van der Waals surface area contributed by atoms with E-state index in [0.29, 0.717) is 27.2 Å². The summed E-state index contributed by atoms with van der Waals surface area (Å²) in [6, 6.07) is 17.4. The highest BCUT2D eigenvalue weighted by atomic mass is 35.5. The third-order valence-corrected chi connectivity index (χ3v) is 5.69. The molecule has 2 heterocycles. The Morgan fingerprint density at radius 2 is 1.93 bits per heavy atom. The van der Waals surface area contributed by atoms with Crippen molar-refractivity contribution in [1.82, 2.24) is 4.98 Å². The van der Waals surface area contributed by atoms with Gasteiger partial charge in [-0.1, -0.05) is 41.4 Å². The lowest BCUT2D eigenvalue weighted by molar-refractivity contribution is 0.102. The summed E-state index contributed by atoms with van der Waals surface area (Å²) in [6.07, 6.45) is 2.60. The normalized spacial score (nSPS) is 10.9. The van der Waals surface area contributed by atoms with E-state index in [0.717, 1.165) is 16.9 Å². The second kappa shape index (κ2) is 8.23. The standard InChI is InChI=1S/C23H19ClN2O2S/c1-14-4-3-5-16(10-14)11-19-13-25-23(29-19)26-22(27)20-12-21(28-15(20)2)17-6-8-18(24)9-7-17/h3-10,12-13H,11H2,1-2H3,(H,25,26,27). The Labute approximate surface area is 178 Å². The molecule has 0 fully saturated rings. The Hall–Kier alpha value is -2.89. The Balaban J connectivity index is 1.47. The highest BCUT2D eigenvalue weighted by Crippen LogP contribution is 2.28. The molecule has 0 saturated heterocycles. The number of furan rings is 1. The summed E-state index contributed by atoms with van der Waals surface area (Å²) in [4.78, 5) is 18.2. The number of rotatable bonds is 5. The van der Waals surface area contributed by atoms with Crippen LogP contribution in [0.15, 0.2) is 65.2 Å². The number of aryl methyl sites for hydroxylation is 2. The molecule has 0 saturated carbocycles. The van der Waals surface area contributed by atoms with Gasteiger partial charge in [-0.25, -0.2) is 4.98 Å². The molecular formula is C23H19ClN2O2S.